The van der Waals surface area contributed by atoms with Gasteiger partial charge in [-0.15, -0.1) is 0 Å². The highest BCUT2D eigenvalue weighted by atomic mass is 19.4. The van der Waals surface area contributed by atoms with Gasteiger partial charge in [0.05, 0.1) is 6.54 Å². The van der Waals surface area contributed by atoms with E-state index in [1.165, 1.54) is 4.90 Å². The number of carbonyl (C=O) groups is 1. The van der Waals surface area contributed by atoms with E-state index < -0.39 is 12.7 Å². The number of piperidine rings is 1. The number of aliphatic imine (C=N–C) groups is 1. The van der Waals surface area contributed by atoms with Crippen molar-refractivity contribution in [1.29, 1.82) is 0 Å². The molecule has 1 saturated carbocycles. The standard InChI is InChI=1S/C20H35F3N4O2/c1-24-19(25-11-4-7-18(28)29-17-5-2-3-6-17)26-12-8-16-9-13-27(14-10-16)15-20(21,22)23/h16-17H,2-15H2,1H3,(H2,24,25,26). The number of alkyl halides is 3. The summed E-state index contributed by atoms with van der Waals surface area (Å²) in [4.78, 5) is 17.5. The number of esters is 1. The Morgan fingerprint density at radius 2 is 1.76 bits per heavy atom. The van der Waals surface area contributed by atoms with Gasteiger partial charge in [-0.05, 0) is 70.4 Å². The Labute approximate surface area is 171 Å². The zero-order valence-corrected chi connectivity index (χ0v) is 17.4. The van der Waals surface area contributed by atoms with Crippen molar-refractivity contribution < 1.29 is 22.7 Å². The third-order valence-corrected chi connectivity index (χ3v) is 5.63. The van der Waals surface area contributed by atoms with E-state index >= 15 is 0 Å². The normalized spacial score (nSPS) is 20.1. The van der Waals surface area contributed by atoms with Gasteiger partial charge in [0.15, 0.2) is 5.96 Å². The van der Waals surface area contributed by atoms with Gasteiger partial charge in [0, 0.05) is 26.6 Å². The Hall–Kier alpha value is -1.51. The topological polar surface area (TPSA) is 66.0 Å². The van der Waals surface area contributed by atoms with Gasteiger partial charge < -0.3 is 15.4 Å². The zero-order valence-electron chi connectivity index (χ0n) is 17.4. The monoisotopic (exact) mass is 420 g/mol. The number of likely N-dealkylation sites (tertiary alicyclic amines) is 1. The van der Waals surface area contributed by atoms with Crippen LogP contribution in [0.3, 0.4) is 0 Å². The highest BCUT2D eigenvalue weighted by Crippen LogP contribution is 2.24. The van der Waals surface area contributed by atoms with Crippen LogP contribution in [0.2, 0.25) is 0 Å². The van der Waals surface area contributed by atoms with Gasteiger partial charge in [-0.25, -0.2) is 0 Å². The fraction of sp³-hybridized carbons (Fsp3) is 0.900. The molecule has 2 fully saturated rings. The largest absolute Gasteiger partial charge is 0.462 e. The fourth-order valence-electron chi connectivity index (χ4n) is 3.99. The average Bonchev–Trinajstić information content (AvgIpc) is 3.16. The molecule has 1 aliphatic carbocycles. The summed E-state index contributed by atoms with van der Waals surface area (Å²) in [5, 5.41) is 6.43. The molecular formula is C20H35F3N4O2. The minimum absolute atomic E-state index is 0.116. The zero-order chi connectivity index (χ0) is 21.1. The summed E-state index contributed by atoms with van der Waals surface area (Å²) in [7, 11) is 1.69. The van der Waals surface area contributed by atoms with E-state index in [4.69, 9.17) is 4.74 Å². The third-order valence-electron chi connectivity index (χ3n) is 5.63. The van der Waals surface area contributed by atoms with Crippen LogP contribution >= 0.6 is 0 Å². The van der Waals surface area contributed by atoms with E-state index in [2.05, 4.69) is 15.6 Å². The number of hydrogen-bond acceptors (Lipinski definition) is 4. The molecule has 0 radical (unpaired) electrons. The second-order valence-corrected chi connectivity index (χ2v) is 8.05. The van der Waals surface area contributed by atoms with E-state index in [9.17, 15) is 18.0 Å². The molecule has 0 aromatic carbocycles. The summed E-state index contributed by atoms with van der Waals surface area (Å²) in [6.45, 7) is 1.58. The molecule has 0 spiro atoms. The molecule has 2 rings (SSSR count). The van der Waals surface area contributed by atoms with Crippen LogP contribution in [0.15, 0.2) is 4.99 Å². The van der Waals surface area contributed by atoms with E-state index in [0.29, 0.717) is 44.4 Å². The molecule has 0 amide bonds. The lowest BCUT2D eigenvalue weighted by molar-refractivity contribution is -0.149. The molecule has 168 valence electrons. The van der Waals surface area contributed by atoms with Gasteiger partial charge >= 0.3 is 12.1 Å². The van der Waals surface area contributed by atoms with Gasteiger partial charge in [0.1, 0.15) is 6.10 Å². The Morgan fingerprint density at radius 1 is 1.10 bits per heavy atom. The molecule has 6 nitrogen and oxygen atoms in total. The van der Waals surface area contributed by atoms with Gasteiger partial charge in [0.25, 0.3) is 0 Å². The molecule has 2 N–H and O–H groups in total. The molecule has 9 heteroatoms. The lowest BCUT2D eigenvalue weighted by Crippen LogP contribution is -2.41. The maximum Gasteiger partial charge on any atom is 0.401 e. The predicted molar refractivity (Wildman–Crippen MR) is 107 cm³/mol. The van der Waals surface area contributed by atoms with E-state index in [1.807, 2.05) is 0 Å². The maximum atomic E-state index is 12.4. The quantitative estimate of drug-likeness (QED) is 0.260. The first-order chi connectivity index (χ1) is 13.9. The van der Waals surface area contributed by atoms with Gasteiger partial charge in [0.2, 0.25) is 0 Å². The Bertz CT molecular complexity index is 514. The highest BCUT2D eigenvalue weighted by Gasteiger charge is 2.32. The van der Waals surface area contributed by atoms with Crippen LogP contribution in [0.4, 0.5) is 13.2 Å². The molecule has 1 heterocycles. The van der Waals surface area contributed by atoms with Gasteiger partial charge in [-0.2, -0.15) is 13.2 Å². The number of carbonyl (C=O) groups excluding carboxylic acids is 1. The molecule has 29 heavy (non-hydrogen) atoms. The predicted octanol–water partition coefficient (Wildman–Crippen LogP) is 3.08. The summed E-state index contributed by atoms with van der Waals surface area (Å²) in [6, 6.07) is 0. The maximum absolute atomic E-state index is 12.4. The van der Waals surface area contributed by atoms with Crippen molar-refractivity contribution in [3.8, 4) is 0 Å². The molecule has 2 aliphatic rings. The molecule has 0 unspecified atom stereocenters. The molecule has 1 saturated heterocycles. The average molecular weight is 421 g/mol. The van der Waals surface area contributed by atoms with Crippen molar-refractivity contribution in [3.05, 3.63) is 0 Å². The Balaban J connectivity index is 1.50. The van der Waals surface area contributed by atoms with Gasteiger partial charge in [-0.1, -0.05) is 0 Å². The Morgan fingerprint density at radius 3 is 2.38 bits per heavy atom. The van der Waals surface area contributed by atoms with Crippen LogP contribution in [0, 0.1) is 5.92 Å². The van der Waals surface area contributed by atoms with Crippen LogP contribution in [0.1, 0.15) is 57.8 Å². The second kappa shape index (κ2) is 12.2. The van der Waals surface area contributed by atoms with Crippen LogP contribution in [0.25, 0.3) is 0 Å². The number of rotatable bonds is 9. The van der Waals surface area contributed by atoms with Crippen molar-refractivity contribution in [2.75, 3.05) is 39.8 Å². The molecule has 0 atom stereocenters. The van der Waals surface area contributed by atoms with Crippen molar-refractivity contribution >= 4 is 11.9 Å². The van der Waals surface area contributed by atoms with Crippen LogP contribution in [0.5, 0.6) is 0 Å². The number of nitrogens with one attached hydrogen (secondary N) is 2. The summed E-state index contributed by atoms with van der Waals surface area (Å²) >= 11 is 0. The number of nitrogens with zero attached hydrogens (tertiary/aromatic N) is 2. The van der Waals surface area contributed by atoms with Crippen molar-refractivity contribution in [1.82, 2.24) is 15.5 Å². The van der Waals surface area contributed by atoms with Crippen LogP contribution < -0.4 is 10.6 Å². The second-order valence-electron chi connectivity index (χ2n) is 8.05. The summed E-state index contributed by atoms with van der Waals surface area (Å²) in [5.41, 5.74) is 0. The molecule has 0 aromatic rings. The minimum atomic E-state index is -4.11. The molecule has 0 aromatic heterocycles. The van der Waals surface area contributed by atoms with E-state index in [1.54, 1.807) is 7.05 Å². The molecule has 0 bridgehead atoms. The lowest BCUT2D eigenvalue weighted by atomic mass is 9.93. The van der Waals surface area contributed by atoms with Crippen LogP contribution in [-0.4, -0.2) is 68.9 Å². The molecule has 1 aliphatic heterocycles. The highest BCUT2D eigenvalue weighted by molar-refractivity contribution is 5.79. The van der Waals surface area contributed by atoms with E-state index in [-0.39, 0.29) is 12.1 Å². The number of ether oxygens (including phenoxy) is 1. The first-order valence-corrected chi connectivity index (χ1v) is 10.8. The third kappa shape index (κ3) is 10.2. The summed E-state index contributed by atoms with van der Waals surface area (Å²) in [5.74, 6) is 0.998. The summed E-state index contributed by atoms with van der Waals surface area (Å²) < 4.78 is 42.7. The number of guanidine groups is 1. The lowest BCUT2D eigenvalue weighted by Gasteiger charge is -2.32. The number of halogens is 3. The SMILES string of the molecule is CN=C(NCCCC(=O)OC1CCCC1)NCCC1CCN(CC(F)(F)F)CC1. The van der Waals surface area contributed by atoms with Crippen LogP contribution in [-0.2, 0) is 9.53 Å². The fourth-order valence-corrected chi connectivity index (χ4v) is 3.99. The first-order valence-electron chi connectivity index (χ1n) is 10.8. The van der Waals surface area contributed by atoms with Crippen molar-refractivity contribution in [2.45, 2.75) is 70.1 Å². The Kier molecular flexibility index (Phi) is 10.0. The van der Waals surface area contributed by atoms with Crippen molar-refractivity contribution in [2.24, 2.45) is 10.9 Å². The van der Waals surface area contributed by atoms with Gasteiger partial charge in [-0.3, -0.25) is 14.7 Å². The number of hydrogen-bond donors (Lipinski definition) is 2. The van der Waals surface area contributed by atoms with Crippen molar-refractivity contribution in [3.63, 3.8) is 0 Å². The minimum Gasteiger partial charge on any atom is -0.462 e. The summed E-state index contributed by atoms with van der Waals surface area (Å²) in [6.07, 6.45) is 3.87. The van der Waals surface area contributed by atoms with E-state index in [0.717, 1.165) is 51.5 Å². The first kappa shape index (κ1) is 23.8. The smallest absolute Gasteiger partial charge is 0.401 e. The molecular weight excluding hydrogens is 385 g/mol.